The van der Waals surface area contributed by atoms with Gasteiger partial charge < -0.3 is 15.7 Å². The Morgan fingerprint density at radius 2 is 2.07 bits per heavy atom. The molecule has 0 fully saturated rings. The number of para-hydroxylation sites is 1. The summed E-state index contributed by atoms with van der Waals surface area (Å²) in [6.07, 6.45) is -2.36. The summed E-state index contributed by atoms with van der Waals surface area (Å²) in [6, 6.07) is 7.70. The van der Waals surface area contributed by atoms with E-state index in [2.05, 4.69) is 15.7 Å². The molecule has 10 heteroatoms. The lowest BCUT2D eigenvalue weighted by Gasteiger charge is -2.14. The Balaban J connectivity index is 1.88. The number of benzene rings is 1. The first-order valence-electron chi connectivity index (χ1n) is 8.85. The number of rotatable bonds is 9. The first kappa shape index (κ1) is 22.1. The number of urea groups is 1. The predicted octanol–water partition coefficient (Wildman–Crippen LogP) is 3.98. The van der Waals surface area contributed by atoms with Crippen molar-refractivity contribution in [2.24, 2.45) is 0 Å². The zero-order valence-electron chi connectivity index (χ0n) is 15.4. The van der Waals surface area contributed by atoms with Gasteiger partial charge in [-0.1, -0.05) is 25.5 Å². The van der Waals surface area contributed by atoms with Crippen molar-refractivity contribution in [2.75, 3.05) is 17.6 Å². The molecule has 1 atom stereocenters. The summed E-state index contributed by atoms with van der Waals surface area (Å²) in [5.41, 5.74) is -0.386. The van der Waals surface area contributed by atoms with Crippen LogP contribution in [-0.2, 0) is 12.7 Å². The highest BCUT2D eigenvalue weighted by Gasteiger charge is 2.33. The van der Waals surface area contributed by atoms with Crippen LogP contribution in [0.4, 0.5) is 23.7 Å². The Morgan fingerprint density at radius 1 is 1.32 bits per heavy atom. The number of aromatic nitrogens is 2. The lowest BCUT2D eigenvalue weighted by Crippen LogP contribution is -2.29. The molecule has 2 amide bonds. The zero-order valence-corrected chi connectivity index (χ0v) is 16.2. The topological polar surface area (TPSA) is 79.2 Å². The Bertz CT molecular complexity index is 767. The number of amides is 2. The smallest absolute Gasteiger partial charge is 0.390 e. The minimum atomic E-state index is -4.51. The van der Waals surface area contributed by atoms with Crippen LogP contribution in [-0.4, -0.2) is 39.3 Å². The summed E-state index contributed by atoms with van der Waals surface area (Å²) in [6.45, 7) is 2.56. The Morgan fingerprint density at radius 3 is 2.75 bits per heavy atom. The van der Waals surface area contributed by atoms with Crippen LogP contribution in [0.2, 0.25) is 0 Å². The van der Waals surface area contributed by atoms with Gasteiger partial charge in [-0.2, -0.15) is 18.3 Å². The third-order valence-electron chi connectivity index (χ3n) is 3.71. The van der Waals surface area contributed by atoms with E-state index < -0.39 is 18.0 Å². The van der Waals surface area contributed by atoms with Crippen molar-refractivity contribution in [2.45, 2.75) is 43.5 Å². The Labute approximate surface area is 165 Å². The number of carbonyl (C=O) groups excluding carboxylic acids is 1. The molecule has 1 aromatic heterocycles. The monoisotopic (exact) mass is 416 g/mol. The van der Waals surface area contributed by atoms with Gasteiger partial charge in [-0.15, -0.1) is 11.8 Å². The molecule has 0 saturated carbocycles. The van der Waals surface area contributed by atoms with Gasteiger partial charge in [0.15, 0.2) is 5.69 Å². The second kappa shape index (κ2) is 10.4. The number of hydrogen-bond acceptors (Lipinski definition) is 4. The molecule has 0 saturated heterocycles. The number of anilines is 1. The van der Waals surface area contributed by atoms with Gasteiger partial charge >= 0.3 is 12.2 Å². The van der Waals surface area contributed by atoms with E-state index in [0.717, 1.165) is 28.5 Å². The minimum Gasteiger partial charge on any atom is -0.390 e. The van der Waals surface area contributed by atoms with Gasteiger partial charge in [-0.25, -0.2) is 4.79 Å². The molecule has 2 aromatic rings. The number of alkyl halides is 3. The van der Waals surface area contributed by atoms with Gasteiger partial charge in [-0.3, -0.25) is 4.68 Å². The Kier molecular flexibility index (Phi) is 8.18. The third-order valence-corrected chi connectivity index (χ3v) is 4.93. The minimum absolute atomic E-state index is 0.0593. The fraction of sp³-hybridized carbons (Fsp3) is 0.444. The molecule has 0 bridgehead atoms. The van der Waals surface area contributed by atoms with Crippen LogP contribution in [0.25, 0.3) is 0 Å². The summed E-state index contributed by atoms with van der Waals surface area (Å²) in [4.78, 5) is 12.7. The van der Waals surface area contributed by atoms with Crippen LogP contribution < -0.4 is 10.6 Å². The second-order valence-electron chi connectivity index (χ2n) is 6.12. The summed E-state index contributed by atoms with van der Waals surface area (Å²) in [7, 11) is 0. The average molecular weight is 416 g/mol. The van der Waals surface area contributed by atoms with Crippen LogP contribution in [0.15, 0.2) is 41.4 Å². The number of aliphatic hydroxyl groups is 1. The van der Waals surface area contributed by atoms with Crippen LogP contribution in [0.5, 0.6) is 0 Å². The van der Waals surface area contributed by atoms with Gasteiger partial charge in [0.05, 0.1) is 18.3 Å². The number of hydrogen-bond donors (Lipinski definition) is 3. The highest BCUT2D eigenvalue weighted by atomic mass is 32.2. The van der Waals surface area contributed by atoms with E-state index >= 15 is 0 Å². The van der Waals surface area contributed by atoms with Crippen molar-refractivity contribution in [3.8, 4) is 0 Å². The van der Waals surface area contributed by atoms with Crippen molar-refractivity contribution in [1.29, 1.82) is 0 Å². The largest absolute Gasteiger partial charge is 0.435 e. The zero-order chi connectivity index (χ0) is 20.6. The fourth-order valence-corrected chi connectivity index (χ4v) is 3.24. The van der Waals surface area contributed by atoms with Crippen molar-refractivity contribution in [3.05, 3.63) is 42.2 Å². The van der Waals surface area contributed by atoms with Crippen molar-refractivity contribution in [3.63, 3.8) is 0 Å². The van der Waals surface area contributed by atoms with Gasteiger partial charge in [0.25, 0.3) is 0 Å². The van der Waals surface area contributed by atoms with Crippen molar-refractivity contribution < 1.29 is 23.1 Å². The van der Waals surface area contributed by atoms with E-state index in [4.69, 9.17) is 0 Å². The van der Waals surface area contributed by atoms with Crippen LogP contribution in [0.3, 0.4) is 0 Å². The molecule has 0 spiro atoms. The van der Waals surface area contributed by atoms with E-state index in [1.54, 1.807) is 24.3 Å². The summed E-state index contributed by atoms with van der Waals surface area (Å²) < 4.78 is 38.8. The van der Waals surface area contributed by atoms with Gasteiger partial charge in [0.2, 0.25) is 0 Å². The summed E-state index contributed by atoms with van der Waals surface area (Å²) in [5, 5.41) is 19.1. The number of aliphatic hydroxyl groups excluding tert-OH is 1. The molecule has 1 aromatic carbocycles. The normalized spacial score (nSPS) is 12.6. The fourth-order valence-electron chi connectivity index (χ4n) is 2.31. The van der Waals surface area contributed by atoms with E-state index in [1.807, 2.05) is 6.92 Å². The average Bonchev–Trinajstić information content (AvgIpc) is 3.10. The van der Waals surface area contributed by atoms with Gasteiger partial charge in [-0.05, 0) is 24.6 Å². The number of thioether (sulfide) groups is 1. The maximum Gasteiger partial charge on any atom is 0.435 e. The molecule has 154 valence electrons. The lowest BCUT2D eigenvalue weighted by atomic mass is 10.3. The molecule has 1 heterocycles. The number of nitrogens with one attached hydrogen (secondary N) is 2. The lowest BCUT2D eigenvalue weighted by molar-refractivity contribution is -0.141. The Hall–Kier alpha value is -2.20. The van der Waals surface area contributed by atoms with Gasteiger partial charge in [0.1, 0.15) is 0 Å². The van der Waals surface area contributed by atoms with E-state index in [0.29, 0.717) is 12.2 Å². The first-order valence-corrected chi connectivity index (χ1v) is 9.83. The predicted molar refractivity (Wildman–Crippen MR) is 102 cm³/mol. The SMILES string of the molecule is CCCCNC(=O)Nc1ccccc1SCC(O)Cn1ccc(C(F)(F)F)n1. The van der Waals surface area contributed by atoms with Crippen molar-refractivity contribution in [1.82, 2.24) is 15.1 Å². The molecule has 6 nitrogen and oxygen atoms in total. The molecule has 28 heavy (non-hydrogen) atoms. The highest BCUT2D eigenvalue weighted by molar-refractivity contribution is 7.99. The standard InChI is InChI=1S/C18H23F3N4O2S/c1-2-3-9-22-17(27)23-14-6-4-5-7-15(14)28-12-13(26)11-25-10-8-16(24-25)18(19,20)21/h4-8,10,13,26H,2-3,9,11-12H2,1H3,(H2,22,23,27). The summed E-state index contributed by atoms with van der Waals surface area (Å²) >= 11 is 1.30. The van der Waals surface area contributed by atoms with Crippen molar-refractivity contribution >= 4 is 23.5 Å². The molecule has 0 aliphatic carbocycles. The molecular weight excluding hydrogens is 393 g/mol. The molecule has 0 aliphatic rings. The summed E-state index contributed by atoms with van der Waals surface area (Å²) in [5.74, 6) is 0.233. The highest BCUT2D eigenvalue weighted by Crippen LogP contribution is 2.29. The number of nitrogens with zero attached hydrogens (tertiary/aromatic N) is 2. The molecule has 0 radical (unpaired) electrons. The maximum atomic E-state index is 12.6. The molecule has 3 N–H and O–H groups in total. The van der Waals surface area contributed by atoms with Crippen LogP contribution >= 0.6 is 11.8 Å². The maximum absolute atomic E-state index is 12.6. The number of carbonyl (C=O) groups is 1. The molecular formula is C18H23F3N4O2S. The van der Waals surface area contributed by atoms with E-state index in [9.17, 15) is 23.1 Å². The number of halogens is 3. The number of unbranched alkanes of at least 4 members (excludes halogenated alkanes) is 1. The molecule has 2 rings (SSSR count). The third kappa shape index (κ3) is 7.08. The van der Waals surface area contributed by atoms with E-state index in [1.165, 1.54) is 18.0 Å². The quantitative estimate of drug-likeness (QED) is 0.427. The first-order chi connectivity index (χ1) is 13.3. The second-order valence-corrected chi connectivity index (χ2v) is 7.18. The molecule has 0 aliphatic heterocycles. The van der Waals surface area contributed by atoms with Crippen LogP contribution in [0, 0.1) is 0 Å². The molecule has 1 unspecified atom stereocenters. The van der Waals surface area contributed by atoms with Crippen LogP contribution in [0.1, 0.15) is 25.5 Å². The van der Waals surface area contributed by atoms with E-state index in [-0.39, 0.29) is 18.3 Å². The van der Waals surface area contributed by atoms with Gasteiger partial charge in [0, 0.05) is 23.4 Å².